The van der Waals surface area contributed by atoms with Crippen LogP contribution >= 0.6 is 0 Å². The maximum absolute atomic E-state index is 12.8. The zero-order valence-corrected chi connectivity index (χ0v) is 16.1. The molecule has 0 radical (unpaired) electrons. The predicted molar refractivity (Wildman–Crippen MR) is 107 cm³/mol. The molecule has 3 aromatic rings. The number of aromatic nitrogens is 4. The third-order valence-electron chi connectivity index (χ3n) is 5.05. The molecule has 2 aromatic heterocycles. The van der Waals surface area contributed by atoms with Crippen molar-refractivity contribution in [2.24, 2.45) is 0 Å². The van der Waals surface area contributed by atoms with Gasteiger partial charge in [-0.3, -0.25) is 19.7 Å². The number of hydrogen-bond acceptors (Lipinski definition) is 5. The van der Waals surface area contributed by atoms with E-state index in [9.17, 15) is 9.59 Å². The third-order valence-corrected chi connectivity index (χ3v) is 5.05. The van der Waals surface area contributed by atoms with Crippen molar-refractivity contribution in [1.82, 2.24) is 30.4 Å². The number of nitrogens with one attached hydrogen (secondary N) is 2. The highest BCUT2D eigenvalue weighted by Gasteiger charge is 2.38. The number of nitrogens with zero attached hydrogens (tertiary/aromatic N) is 4. The zero-order valence-electron chi connectivity index (χ0n) is 16.1. The van der Waals surface area contributed by atoms with E-state index in [2.05, 4.69) is 25.5 Å². The van der Waals surface area contributed by atoms with Crippen molar-refractivity contribution in [3.8, 4) is 11.4 Å². The Morgan fingerprint density at radius 2 is 1.90 bits per heavy atom. The summed E-state index contributed by atoms with van der Waals surface area (Å²) in [6, 6.07) is 13.1. The van der Waals surface area contributed by atoms with Crippen LogP contribution in [-0.2, 0) is 16.0 Å². The minimum atomic E-state index is -0.217. The highest BCUT2D eigenvalue weighted by molar-refractivity contribution is 5.79. The number of H-pyrrole nitrogens is 1. The van der Waals surface area contributed by atoms with Crippen LogP contribution in [0.1, 0.15) is 24.2 Å². The normalized spacial score (nSPS) is 18.6. The summed E-state index contributed by atoms with van der Waals surface area (Å²) >= 11 is 0. The molecule has 4 rings (SSSR count). The molecule has 2 amide bonds. The lowest BCUT2D eigenvalue weighted by atomic mass is 10.0. The zero-order chi connectivity index (χ0) is 20.2. The Kier molecular flexibility index (Phi) is 5.33. The maximum atomic E-state index is 12.8. The van der Waals surface area contributed by atoms with E-state index >= 15 is 0 Å². The lowest BCUT2D eigenvalue weighted by molar-refractivity contribution is -0.129. The molecule has 0 spiro atoms. The summed E-state index contributed by atoms with van der Waals surface area (Å²) in [6.45, 7) is 2.39. The van der Waals surface area contributed by atoms with Gasteiger partial charge in [0.25, 0.3) is 0 Å². The van der Waals surface area contributed by atoms with Crippen molar-refractivity contribution in [2.45, 2.75) is 25.3 Å². The Labute approximate surface area is 168 Å². The van der Waals surface area contributed by atoms with Crippen molar-refractivity contribution >= 4 is 11.8 Å². The van der Waals surface area contributed by atoms with E-state index in [1.54, 1.807) is 17.3 Å². The minimum absolute atomic E-state index is 0.0110. The molecule has 1 aromatic carbocycles. The molecule has 8 nitrogen and oxygen atoms in total. The Morgan fingerprint density at radius 3 is 2.62 bits per heavy atom. The Balaban J connectivity index is 1.52. The van der Waals surface area contributed by atoms with E-state index in [1.807, 2.05) is 42.5 Å². The summed E-state index contributed by atoms with van der Waals surface area (Å²) in [5.74, 6) is 0.999. The van der Waals surface area contributed by atoms with E-state index in [-0.39, 0.29) is 23.8 Å². The fourth-order valence-electron chi connectivity index (χ4n) is 3.64. The second-order valence-electron chi connectivity index (χ2n) is 7.15. The molecule has 1 aliphatic rings. The molecule has 0 saturated carbocycles. The van der Waals surface area contributed by atoms with Crippen LogP contribution < -0.4 is 5.32 Å². The molecular formula is C21H22N6O2. The van der Waals surface area contributed by atoms with E-state index in [0.717, 1.165) is 11.1 Å². The van der Waals surface area contributed by atoms with Crippen LogP contribution in [-0.4, -0.2) is 56.0 Å². The van der Waals surface area contributed by atoms with Crippen LogP contribution in [0.15, 0.2) is 54.9 Å². The molecule has 1 saturated heterocycles. The summed E-state index contributed by atoms with van der Waals surface area (Å²) in [6.07, 6.45) is 3.65. The van der Waals surface area contributed by atoms with Crippen molar-refractivity contribution < 1.29 is 9.59 Å². The lowest BCUT2D eigenvalue weighted by Crippen LogP contribution is -2.39. The van der Waals surface area contributed by atoms with Crippen molar-refractivity contribution in [3.05, 3.63) is 66.2 Å². The number of rotatable bonds is 5. The Morgan fingerprint density at radius 1 is 1.14 bits per heavy atom. The maximum Gasteiger partial charge on any atom is 0.227 e. The number of pyridine rings is 1. The van der Waals surface area contributed by atoms with Gasteiger partial charge >= 0.3 is 0 Å². The van der Waals surface area contributed by atoms with Crippen molar-refractivity contribution in [2.75, 3.05) is 13.1 Å². The number of carbonyl (C=O) groups excluding carboxylic acids is 2. The number of aromatic amines is 1. The molecule has 2 N–H and O–H groups in total. The van der Waals surface area contributed by atoms with Crippen LogP contribution in [0.5, 0.6) is 0 Å². The van der Waals surface area contributed by atoms with Gasteiger partial charge in [-0.2, -0.15) is 5.10 Å². The first kappa shape index (κ1) is 18.8. The molecule has 3 heterocycles. The highest BCUT2D eigenvalue weighted by atomic mass is 16.2. The predicted octanol–water partition coefficient (Wildman–Crippen LogP) is 1.54. The molecule has 0 unspecified atom stereocenters. The Bertz CT molecular complexity index is 989. The summed E-state index contributed by atoms with van der Waals surface area (Å²) in [4.78, 5) is 34.9. The fourth-order valence-corrected chi connectivity index (χ4v) is 3.64. The van der Waals surface area contributed by atoms with Crippen LogP contribution in [0, 0.1) is 0 Å². The molecule has 0 bridgehead atoms. The van der Waals surface area contributed by atoms with Gasteiger partial charge < -0.3 is 10.2 Å². The second-order valence-corrected chi connectivity index (χ2v) is 7.15. The van der Waals surface area contributed by atoms with E-state index in [4.69, 9.17) is 0 Å². The number of carbonyl (C=O) groups is 2. The lowest BCUT2D eigenvalue weighted by Gasteiger charge is -2.17. The number of amides is 2. The van der Waals surface area contributed by atoms with Gasteiger partial charge in [0.15, 0.2) is 5.82 Å². The van der Waals surface area contributed by atoms with E-state index < -0.39 is 0 Å². The SMILES string of the molecule is CC(=O)N[C@@H]1CN(C(=O)Cc2ccncc2)C[C@H]1c1nc(-c2ccccc2)n[nH]1. The minimum Gasteiger partial charge on any atom is -0.351 e. The first-order valence-corrected chi connectivity index (χ1v) is 9.51. The molecule has 29 heavy (non-hydrogen) atoms. The van der Waals surface area contributed by atoms with Crippen LogP contribution in [0.2, 0.25) is 0 Å². The van der Waals surface area contributed by atoms with Crippen molar-refractivity contribution in [1.29, 1.82) is 0 Å². The van der Waals surface area contributed by atoms with Gasteiger partial charge in [-0.15, -0.1) is 0 Å². The van der Waals surface area contributed by atoms with E-state index in [0.29, 0.717) is 31.2 Å². The van der Waals surface area contributed by atoms with Gasteiger partial charge in [-0.1, -0.05) is 30.3 Å². The standard InChI is InChI=1S/C21H22N6O2/c1-14(28)23-18-13-27(19(29)11-15-7-9-22-10-8-15)12-17(18)21-24-20(25-26-21)16-5-3-2-4-6-16/h2-10,17-18H,11-13H2,1H3,(H,23,28)(H,24,25,26)/t17-,18-/m1/s1. The van der Waals surface area contributed by atoms with Crippen LogP contribution in [0.25, 0.3) is 11.4 Å². The first-order valence-electron chi connectivity index (χ1n) is 9.51. The molecule has 148 valence electrons. The van der Waals surface area contributed by atoms with Crippen LogP contribution in [0.4, 0.5) is 0 Å². The quantitative estimate of drug-likeness (QED) is 0.688. The summed E-state index contributed by atoms with van der Waals surface area (Å²) in [5.41, 5.74) is 1.82. The summed E-state index contributed by atoms with van der Waals surface area (Å²) in [7, 11) is 0. The molecular weight excluding hydrogens is 368 g/mol. The largest absolute Gasteiger partial charge is 0.351 e. The van der Waals surface area contributed by atoms with Crippen LogP contribution in [0.3, 0.4) is 0 Å². The van der Waals surface area contributed by atoms with Crippen molar-refractivity contribution in [3.63, 3.8) is 0 Å². The molecule has 0 aliphatic carbocycles. The highest BCUT2D eigenvalue weighted by Crippen LogP contribution is 2.27. The molecule has 1 aliphatic heterocycles. The molecule has 2 atom stereocenters. The van der Waals surface area contributed by atoms with Gasteiger partial charge in [-0.25, -0.2) is 4.98 Å². The topological polar surface area (TPSA) is 104 Å². The smallest absolute Gasteiger partial charge is 0.227 e. The average Bonchev–Trinajstić information content (AvgIpc) is 3.36. The van der Waals surface area contributed by atoms with Gasteiger partial charge in [0.05, 0.1) is 18.4 Å². The number of benzene rings is 1. The van der Waals surface area contributed by atoms with Gasteiger partial charge in [0.2, 0.25) is 11.8 Å². The monoisotopic (exact) mass is 390 g/mol. The number of likely N-dealkylation sites (tertiary alicyclic amines) is 1. The third kappa shape index (κ3) is 4.31. The fraction of sp³-hybridized carbons (Fsp3) is 0.286. The summed E-state index contributed by atoms with van der Waals surface area (Å²) < 4.78 is 0. The summed E-state index contributed by atoms with van der Waals surface area (Å²) in [5, 5.41) is 10.3. The molecule has 1 fully saturated rings. The van der Waals surface area contributed by atoms with Gasteiger partial charge in [0, 0.05) is 38.0 Å². The van der Waals surface area contributed by atoms with Gasteiger partial charge in [0.1, 0.15) is 5.82 Å². The van der Waals surface area contributed by atoms with Gasteiger partial charge in [-0.05, 0) is 17.7 Å². The number of hydrogen-bond donors (Lipinski definition) is 2. The average molecular weight is 390 g/mol. The Hall–Kier alpha value is -3.55. The molecule has 8 heteroatoms. The van der Waals surface area contributed by atoms with E-state index in [1.165, 1.54) is 6.92 Å². The second kappa shape index (κ2) is 8.22. The first-order chi connectivity index (χ1) is 14.1.